The Labute approximate surface area is 291 Å². The second-order valence-corrected chi connectivity index (χ2v) is 14.6. The Kier molecular flexibility index (Phi) is 11.0. The number of carbonyl (C=O) groups excluding carboxylic acids is 2. The van der Waals surface area contributed by atoms with Gasteiger partial charge in [-0.05, 0) is 61.8 Å². The number of amides is 1. The van der Waals surface area contributed by atoms with Crippen LogP contribution >= 0.6 is 0 Å². The summed E-state index contributed by atoms with van der Waals surface area (Å²) >= 11 is 0. The molecule has 12 heteroatoms. The summed E-state index contributed by atoms with van der Waals surface area (Å²) in [5, 5.41) is 0.922. The van der Waals surface area contributed by atoms with Crippen LogP contribution in [0.1, 0.15) is 64.9 Å². The van der Waals surface area contributed by atoms with Crippen LogP contribution in [0.25, 0.3) is 33.5 Å². The van der Waals surface area contributed by atoms with Crippen molar-refractivity contribution in [1.82, 2.24) is 24.3 Å². The molecule has 5 N–H and O–H groups in total. The van der Waals surface area contributed by atoms with Crippen LogP contribution in [0.4, 0.5) is 13.2 Å². The fraction of sp³-hybridized carbons (Fsp3) is 0.553. The van der Waals surface area contributed by atoms with E-state index in [4.69, 9.17) is 16.5 Å². The number of hydrogen-bond acceptors (Lipinski definition) is 6. The van der Waals surface area contributed by atoms with Crippen LogP contribution in [0, 0.1) is 11.7 Å². The SMILES string of the molecule is CC[C@H](N)C(=O)N1C[C@@H](F)C[C@H]1Cc1c(-c2nc3cc(F)ccc3n2C[C@@H]2C[C@H](F)CN2[C@@H](CCCC=O)[C@@H](N)C(C)C)[nH]c2ccccc12. The number of benzene rings is 2. The number of aromatic amines is 1. The molecule has 0 aliphatic carbocycles. The van der Waals surface area contributed by atoms with Gasteiger partial charge in [0.2, 0.25) is 5.91 Å². The van der Waals surface area contributed by atoms with Gasteiger partial charge in [-0.2, -0.15) is 0 Å². The van der Waals surface area contributed by atoms with Crippen molar-refractivity contribution in [3.63, 3.8) is 0 Å². The maximum absolute atomic E-state index is 15.4. The van der Waals surface area contributed by atoms with E-state index in [1.807, 2.05) is 35.8 Å². The molecule has 270 valence electrons. The summed E-state index contributed by atoms with van der Waals surface area (Å²) < 4.78 is 47.1. The fourth-order valence-electron chi connectivity index (χ4n) is 8.14. The summed E-state index contributed by atoms with van der Waals surface area (Å²) in [6.45, 7) is 6.56. The first-order chi connectivity index (χ1) is 24.0. The minimum absolute atomic E-state index is 0.00111. The lowest BCUT2D eigenvalue weighted by molar-refractivity contribution is -0.133. The largest absolute Gasteiger partial charge is 0.352 e. The van der Waals surface area contributed by atoms with E-state index >= 15 is 4.39 Å². The van der Waals surface area contributed by atoms with Crippen LogP contribution in [0.3, 0.4) is 0 Å². The van der Waals surface area contributed by atoms with Crippen LogP contribution in [0.5, 0.6) is 0 Å². The fourth-order valence-corrected chi connectivity index (χ4v) is 8.14. The summed E-state index contributed by atoms with van der Waals surface area (Å²) in [4.78, 5) is 36.8. The summed E-state index contributed by atoms with van der Waals surface area (Å²) in [6.07, 6.45) is 1.75. The minimum atomic E-state index is -1.16. The Bertz CT molecular complexity index is 1810. The molecule has 2 aliphatic rings. The first-order valence-corrected chi connectivity index (χ1v) is 18.1. The van der Waals surface area contributed by atoms with Crippen LogP contribution < -0.4 is 11.5 Å². The van der Waals surface area contributed by atoms with Gasteiger partial charge in [-0.3, -0.25) is 9.69 Å². The summed E-state index contributed by atoms with van der Waals surface area (Å²) in [7, 11) is 0. The third-order valence-electron chi connectivity index (χ3n) is 10.9. The maximum atomic E-state index is 15.4. The predicted molar refractivity (Wildman–Crippen MR) is 190 cm³/mol. The molecule has 4 aromatic rings. The first-order valence-electron chi connectivity index (χ1n) is 18.1. The molecule has 6 rings (SSSR count). The van der Waals surface area contributed by atoms with E-state index in [0.29, 0.717) is 67.6 Å². The highest BCUT2D eigenvalue weighted by Gasteiger charge is 2.41. The standard InChI is InChI=1S/C38H50F3N7O2/c1-4-30(42)38(50)47-20-24(40)15-26(47)18-29-28-9-5-6-10-31(28)44-36(29)37-45-32-17-23(39)12-13-33(32)48(37)21-27-16-25(41)19-46(27)34(11-7-8-14-49)35(43)22(2)3/h5-6,9-10,12-14,17,22,24-27,30,34-35,44H,4,7-8,11,15-16,18-21,42-43H2,1-3H3/t24-,25-,26-,27-,30-,34-,35-/m0/s1. The molecule has 0 radical (unpaired) electrons. The Hall–Kier alpha value is -3.74. The third kappa shape index (κ3) is 7.20. The summed E-state index contributed by atoms with van der Waals surface area (Å²) in [6, 6.07) is 10.6. The summed E-state index contributed by atoms with van der Waals surface area (Å²) in [5.41, 5.74) is 16.5. The van der Waals surface area contributed by atoms with Gasteiger partial charge < -0.3 is 30.7 Å². The molecule has 0 bridgehead atoms. The Morgan fingerprint density at radius 1 is 1.08 bits per heavy atom. The van der Waals surface area contributed by atoms with Crippen molar-refractivity contribution in [3.05, 3.63) is 53.8 Å². The molecular formula is C38H50F3N7O2. The van der Waals surface area contributed by atoms with Gasteiger partial charge in [0.1, 0.15) is 24.4 Å². The average Bonchev–Trinajstić information content (AvgIpc) is 3.85. The zero-order chi connectivity index (χ0) is 35.7. The highest BCUT2D eigenvalue weighted by atomic mass is 19.1. The molecule has 2 fully saturated rings. The zero-order valence-corrected chi connectivity index (χ0v) is 29.2. The Morgan fingerprint density at radius 3 is 2.56 bits per heavy atom. The average molecular weight is 694 g/mol. The van der Waals surface area contributed by atoms with Gasteiger partial charge >= 0.3 is 0 Å². The minimum Gasteiger partial charge on any atom is -0.352 e. The number of nitrogens with zero attached hydrogens (tertiary/aromatic N) is 4. The van der Waals surface area contributed by atoms with E-state index in [0.717, 1.165) is 22.8 Å². The zero-order valence-electron chi connectivity index (χ0n) is 29.2. The molecule has 2 aliphatic heterocycles. The number of nitrogens with one attached hydrogen (secondary N) is 1. The van der Waals surface area contributed by atoms with Crippen LogP contribution in [-0.2, 0) is 22.6 Å². The molecule has 9 nitrogen and oxygen atoms in total. The van der Waals surface area contributed by atoms with Crippen molar-refractivity contribution in [1.29, 1.82) is 0 Å². The van der Waals surface area contributed by atoms with Gasteiger partial charge in [-0.1, -0.05) is 39.0 Å². The second-order valence-electron chi connectivity index (χ2n) is 14.6. The lowest BCUT2D eigenvalue weighted by Crippen LogP contribution is -2.53. The smallest absolute Gasteiger partial charge is 0.239 e. The lowest BCUT2D eigenvalue weighted by Gasteiger charge is -2.38. The highest BCUT2D eigenvalue weighted by Crippen LogP contribution is 2.37. The van der Waals surface area contributed by atoms with Crippen molar-refractivity contribution >= 4 is 34.1 Å². The van der Waals surface area contributed by atoms with Crippen LogP contribution in [-0.4, -0.2) is 92.2 Å². The van der Waals surface area contributed by atoms with Crippen molar-refractivity contribution < 1.29 is 22.8 Å². The monoisotopic (exact) mass is 693 g/mol. The molecule has 50 heavy (non-hydrogen) atoms. The number of para-hydroxylation sites is 1. The molecule has 0 unspecified atom stereocenters. The predicted octanol–water partition coefficient (Wildman–Crippen LogP) is 5.68. The molecule has 0 saturated carbocycles. The van der Waals surface area contributed by atoms with Gasteiger partial charge in [0, 0.05) is 67.1 Å². The van der Waals surface area contributed by atoms with Gasteiger partial charge in [0.25, 0.3) is 0 Å². The number of hydrogen-bond donors (Lipinski definition) is 3. The number of aldehydes is 1. The van der Waals surface area contributed by atoms with Crippen molar-refractivity contribution in [2.45, 2.75) is 115 Å². The molecule has 1 amide bonds. The van der Waals surface area contributed by atoms with Gasteiger partial charge in [-0.15, -0.1) is 0 Å². The second kappa shape index (κ2) is 15.2. The number of nitrogens with two attached hydrogens (primary N) is 2. The Balaban J connectivity index is 1.44. The van der Waals surface area contributed by atoms with Gasteiger partial charge in [0.05, 0.1) is 29.3 Å². The maximum Gasteiger partial charge on any atom is 0.239 e. The number of unbranched alkanes of at least 4 members (excludes halogenated alkanes) is 1. The summed E-state index contributed by atoms with van der Waals surface area (Å²) in [5.74, 6) is 0.0279. The molecule has 2 aromatic heterocycles. The highest BCUT2D eigenvalue weighted by molar-refractivity contribution is 5.92. The molecule has 2 aromatic carbocycles. The topological polar surface area (TPSA) is 126 Å². The van der Waals surface area contributed by atoms with E-state index in [1.165, 1.54) is 12.1 Å². The number of likely N-dealkylation sites (tertiary alicyclic amines) is 2. The molecule has 0 spiro atoms. The molecule has 7 atom stereocenters. The number of H-pyrrole nitrogens is 1. The molecular weight excluding hydrogens is 643 g/mol. The van der Waals surface area contributed by atoms with Gasteiger partial charge in [-0.25, -0.2) is 18.2 Å². The van der Waals surface area contributed by atoms with Crippen LogP contribution in [0.2, 0.25) is 0 Å². The number of halogens is 3. The van der Waals surface area contributed by atoms with Crippen molar-refractivity contribution in [2.75, 3.05) is 13.1 Å². The van der Waals surface area contributed by atoms with Crippen molar-refractivity contribution in [2.24, 2.45) is 17.4 Å². The van der Waals surface area contributed by atoms with E-state index in [-0.39, 0.29) is 49.5 Å². The Morgan fingerprint density at radius 2 is 1.82 bits per heavy atom. The van der Waals surface area contributed by atoms with E-state index in [1.54, 1.807) is 11.0 Å². The number of imidazole rings is 1. The first kappa shape index (κ1) is 36.1. The van der Waals surface area contributed by atoms with E-state index in [2.05, 4.69) is 23.7 Å². The number of aromatic nitrogens is 3. The third-order valence-corrected chi connectivity index (χ3v) is 10.9. The number of rotatable bonds is 14. The van der Waals surface area contributed by atoms with Crippen molar-refractivity contribution in [3.8, 4) is 11.5 Å². The lowest BCUT2D eigenvalue weighted by atomic mass is 9.91. The number of fused-ring (bicyclic) bond motifs is 2. The van der Waals surface area contributed by atoms with Crippen LogP contribution in [0.15, 0.2) is 42.5 Å². The number of carbonyl (C=O) groups is 2. The number of alkyl halides is 2. The molecule has 4 heterocycles. The molecule has 2 saturated heterocycles. The van der Waals surface area contributed by atoms with E-state index in [9.17, 15) is 18.4 Å². The van der Waals surface area contributed by atoms with E-state index < -0.39 is 30.2 Å². The quantitative estimate of drug-likeness (QED) is 0.115. The van der Waals surface area contributed by atoms with Gasteiger partial charge in [0.15, 0.2) is 5.82 Å². The normalized spacial score (nSPS) is 23.3.